The number of hydrogen-bond acceptors (Lipinski definition) is 3. The van der Waals surface area contributed by atoms with Crippen molar-refractivity contribution in [3.8, 4) is 0 Å². The van der Waals surface area contributed by atoms with Crippen LogP contribution < -0.4 is 4.90 Å². The van der Waals surface area contributed by atoms with Gasteiger partial charge in [-0.15, -0.1) is 0 Å². The van der Waals surface area contributed by atoms with Crippen molar-refractivity contribution in [1.82, 2.24) is 4.37 Å². The average Bonchev–Trinajstić information content (AvgIpc) is 2.49. The first kappa shape index (κ1) is 4.32. The van der Waals surface area contributed by atoms with Crippen molar-refractivity contribution < 1.29 is 0 Å². The lowest BCUT2D eigenvalue weighted by molar-refractivity contribution is 1.33. The highest BCUT2D eigenvalue weighted by molar-refractivity contribution is 7.03. The van der Waals surface area contributed by atoms with E-state index in [1.54, 1.807) is 0 Å². The van der Waals surface area contributed by atoms with Crippen LogP contribution in [0.1, 0.15) is 0 Å². The third-order valence-corrected chi connectivity index (χ3v) is 1.75. The SMILES string of the molecule is c1cc(N2CC2)ns1. The summed E-state index contributed by atoms with van der Waals surface area (Å²) in [6.07, 6.45) is 0. The smallest absolute Gasteiger partial charge is 0.142 e. The molecule has 1 fully saturated rings. The van der Waals surface area contributed by atoms with Crippen LogP contribution in [-0.2, 0) is 0 Å². The Kier molecular flexibility index (Phi) is 0.784. The van der Waals surface area contributed by atoms with E-state index < -0.39 is 0 Å². The molecule has 0 spiro atoms. The first-order valence-electron chi connectivity index (χ1n) is 2.62. The average molecular weight is 126 g/mol. The van der Waals surface area contributed by atoms with Crippen LogP contribution in [0.3, 0.4) is 0 Å². The van der Waals surface area contributed by atoms with Crippen molar-refractivity contribution in [2.45, 2.75) is 0 Å². The maximum Gasteiger partial charge on any atom is 0.142 e. The second-order valence-corrected chi connectivity index (χ2v) is 2.51. The minimum Gasteiger partial charge on any atom is -0.352 e. The van der Waals surface area contributed by atoms with Crippen LogP contribution in [0.2, 0.25) is 0 Å². The van der Waals surface area contributed by atoms with Gasteiger partial charge in [0, 0.05) is 18.5 Å². The van der Waals surface area contributed by atoms with E-state index in [2.05, 4.69) is 15.3 Å². The van der Waals surface area contributed by atoms with Crippen LogP contribution >= 0.6 is 11.5 Å². The fourth-order valence-electron chi connectivity index (χ4n) is 0.648. The van der Waals surface area contributed by atoms with Gasteiger partial charge in [-0.3, -0.25) is 0 Å². The van der Waals surface area contributed by atoms with Gasteiger partial charge in [-0.25, -0.2) is 0 Å². The van der Waals surface area contributed by atoms with Gasteiger partial charge < -0.3 is 4.90 Å². The van der Waals surface area contributed by atoms with E-state index in [0.29, 0.717) is 0 Å². The molecule has 3 heteroatoms. The first-order valence-corrected chi connectivity index (χ1v) is 3.46. The molecule has 2 rings (SSSR count). The second-order valence-electron chi connectivity index (χ2n) is 1.84. The molecule has 2 heterocycles. The molecular weight excluding hydrogens is 120 g/mol. The Morgan fingerprint density at radius 3 is 3.00 bits per heavy atom. The molecule has 0 aromatic carbocycles. The van der Waals surface area contributed by atoms with Crippen LogP contribution in [-0.4, -0.2) is 17.5 Å². The third-order valence-electron chi connectivity index (χ3n) is 1.20. The molecule has 2 nitrogen and oxygen atoms in total. The second kappa shape index (κ2) is 1.45. The highest BCUT2D eigenvalue weighted by Gasteiger charge is 2.18. The van der Waals surface area contributed by atoms with Gasteiger partial charge >= 0.3 is 0 Å². The summed E-state index contributed by atoms with van der Waals surface area (Å²) in [7, 11) is 0. The number of rotatable bonds is 1. The van der Waals surface area contributed by atoms with Gasteiger partial charge in [-0.1, -0.05) is 0 Å². The fraction of sp³-hybridized carbons (Fsp3) is 0.400. The zero-order valence-electron chi connectivity index (χ0n) is 4.37. The summed E-state index contributed by atoms with van der Waals surface area (Å²) in [5.74, 6) is 1.15. The van der Waals surface area contributed by atoms with Gasteiger partial charge in [0.05, 0.1) is 0 Å². The molecule has 0 N–H and O–H groups in total. The van der Waals surface area contributed by atoms with Crippen molar-refractivity contribution in [2.75, 3.05) is 18.0 Å². The summed E-state index contributed by atoms with van der Waals surface area (Å²) >= 11 is 1.52. The minimum absolute atomic E-state index is 1.15. The standard InChI is InChI=1S/C5H6N2S/c1-4-8-6-5(1)7-2-3-7/h1,4H,2-3H2. The van der Waals surface area contributed by atoms with E-state index in [0.717, 1.165) is 5.82 Å². The van der Waals surface area contributed by atoms with Gasteiger partial charge in [0.15, 0.2) is 0 Å². The van der Waals surface area contributed by atoms with Crippen molar-refractivity contribution in [1.29, 1.82) is 0 Å². The van der Waals surface area contributed by atoms with E-state index in [1.165, 1.54) is 24.6 Å². The topological polar surface area (TPSA) is 15.9 Å². The lowest BCUT2D eigenvalue weighted by Gasteiger charge is -1.89. The largest absolute Gasteiger partial charge is 0.352 e. The summed E-state index contributed by atoms with van der Waals surface area (Å²) < 4.78 is 4.15. The number of nitrogens with zero attached hydrogens (tertiary/aromatic N) is 2. The Morgan fingerprint density at radius 1 is 1.62 bits per heavy atom. The van der Waals surface area contributed by atoms with Crippen molar-refractivity contribution in [3.05, 3.63) is 11.4 Å². The van der Waals surface area contributed by atoms with Crippen molar-refractivity contribution in [3.63, 3.8) is 0 Å². The maximum absolute atomic E-state index is 4.15. The molecule has 1 aliphatic heterocycles. The zero-order chi connectivity index (χ0) is 5.40. The molecule has 1 saturated heterocycles. The van der Waals surface area contributed by atoms with Crippen LogP contribution in [0.15, 0.2) is 11.4 Å². The zero-order valence-corrected chi connectivity index (χ0v) is 5.19. The molecule has 0 saturated carbocycles. The fourth-order valence-corrected chi connectivity index (χ4v) is 1.18. The normalized spacial score (nSPS) is 16.8. The first-order chi connectivity index (χ1) is 3.97. The Balaban J connectivity index is 2.28. The monoisotopic (exact) mass is 126 g/mol. The molecule has 42 valence electrons. The molecule has 8 heavy (non-hydrogen) atoms. The Bertz CT molecular complexity index is 167. The van der Waals surface area contributed by atoms with Crippen LogP contribution in [0.5, 0.6) is 0 Å². The molecule has 1 aromatic rings. The molecule has 0 unspecified atom stereocenters. The molecule has 0 radical (unpaired) electrons. The lowest BCUT2D eigenvalue weighted by atomic mass is 10.6. The number of hydrogen-bond donors (Lipinski definition) is 0. The van der Waals surface area contributed by atoms with Gasteiger partial charge in [-0.2, -0.15) is 4.37 Å². The van der Waals surface area contributed by atoms with Gasteiger partial charge in [0.1, 0.15) is 5.82 Å². The number of anilines is 1. The highest BCUT2D eigenvalue weighted by atomic mass is 32.1. The lowest BCUT2D eigenvalue weighted by Crippen LogP contribution is -1.87. The predicted octanol–water partition coefficient (Wildman–Crippen LogP) is 0.963. The summed E-state index contributed by atoms with van der Waals surface area (Å²) in [5, 5.41) is 2.01. The predicted molar refractivity (Wildman–Crippen MR) is 34.3 cm³/mol. The Hall–Kier alpha value is -0.570. The van der Waals surface area contributed by atoms with Gasteiger partial charge in [0.25, 0.3) is 0 Å². The van der Waals surface area contributed by atoms with E-state index in [1.807, 2.05) is 5.38 Å². The van der Waals surface area contributed by atoms with Crippen LogP contribution in [0, 0.1) is 0 Å². The maximum atomic E-state index is 4.15. The minimum atomic E-state index is 1.15. The molecule has 0 aliphatic carbocycles. The Labute approximate surface area is 51.9 Å². The van der Waals surface area contributed by atoms with E-state index in [4.69, 9.17) is 0 Å². The summed E-state index contributed by atoms with van der Waals surface area (Å²) in [5.41, 5.74) is 0. The quantitative estimate of drug-likeness (QED) is 0.521. The summed E-state index contributed by atoms with van der Waals surface area (Å²) in [6, 6.07) is 2.05. The molecule has 0 amide bonds. The molecule has 0 atom stereocenters. The van der Waals surface area contributed by atoms with Gasteiger partial charge in [0.2, 0.25) is 0 Å². The molecular formula is C5H6N2S. The van der Waals surface area contributed by atoms with Crippen molar-refractivity contribution >= 4 is 17.4 Å². The van der Waals surface area contributed by atoms with Crippen molar-refractivity contribution in [2.24, 2.45) is 0 Å². The third kappa shape index (κ3) is 0.591. The summed E-state index contributed by atoms with van der Waals surface area (Å²) in [4.78, 5) is 2.23. The Morgan fingerprint density at radius 2 is 2.50 bits per heavy atom. The van der Waals surface area contributed by atoms with E-state index in [-0.39, 0.29) is 0 Å². The van der Waals surface area contributed by atoms with Crippen LogP contribution in [0.25, 0.3) is 0 Å². The molecule has 1 aromatic heterocycles. The van der Waals surface area contributed by atoms with Crippen LogP contribution in [0.4, 0.5) is 5.82 Å². The van der Waals surface area contributed by atoms with E-state index in [9.17, 15) is 0 Å². The molecule has 0 bridgehead atoms. The van der Waals surface area contributed by atoms with E-state index >= 15 is 0 Å². The number of aromatic nitrogens is 1. The van der Waals surface area contributed by atoms with Gasteiger partial charge in [-0.05, 0) is 17.6 Å². The highest BCUT2D eigenvalue weighted by Crippen LogP contribution is 2.18. The summed E-state index contributed by atoms with van der Waals surface area (Å²) in [6.45, 7) is 2.40. The molecule has 1 aliphatic rings.